The van der Waals surface area contributed by atoms with Gasteiger partial charge in [0.25, 0.3) is 0 Å². The number of fused-ring (bicyclic) bond motifs is 14. The van der Waals surface area contributed by atoms with Crippen LogP contribution in [0.15, 0.2) is 73.6 Å². The van der Waals surface area contributed by atoms with Crippen LogP contribution in [0.4, 0.5) is 4.39 Å². The topological polar surface area (TPSA) is 239 Å². The number of hydrogen-bond donors (Lipinski definition) is 2. The van der Waals surface area contributed by atoms with E-state index in [0.717, 1.165) is 93.8 Å². The summed E-state index contributed by atoms with van der Waals surface area (Å²) < 4.78 is 40.3. The molecule has 4 aromatic rings. The summed E-state index contributed by atoms with van der Waals surface area (Å²) in [4.78, 5) is 82.9. The minimum absolute atomic E-state index is 0.0145. The van der Waals surface area contributed by atoms with Gasteiger partial charge in [-0.15, -0.1) is 20.4 Å². The Kier molecular flexibility index (Phi) is 17.8. The Labute approximate surface area is 618 Å². The van der Waals surface area contributed by atoms with Crippen LogP contribution in [0.3, 0.4) is 0 Å². The van der Waals surface area contributed by atoms with Crippen LogP contribution in [0.25, 0.3) is 22.9 Å². The van der Waals surface area contributed by atoms with Crippen molar-refractivity contribution in [2.24, 2.45) is 101 Å². The zero-order valence-corrected chi connectivity index (χ0v) is 65.4. The van der Waals surface area contributed by atoms with Crippen molar-refractivity contribution >= 4 is 47.0 Å². The van der Waals surface area contributed by atoms with Crippen molar-refractivity contribution in [3.63, 3.8) is 0 Å². The third-order valence-corrected chi connectivity index (χ3v) is 32.4. The Hall–Kier alpha value is -6.36. The molecule has 14 rings (SSSR count). The number of halogens is 2. The van der Waals surface area contributed by atoms with E-state index in [9.17, 15) is 43.4 Å². The number of ketones is 2. The summed E-state index contributed by atoms with van der Waals surface area (Å²) >= 11 is 7.08. The zero-order valence-electron chi connectivity index (χ0n) is 64.7. The minimum Gasteiger partial charge on any atom is -0.481 e. The third kappa shape index (κ3) is 10.8. The van der Waals surface area contributed by atoms with Gasteiger partial charge >= 0.3 is 23.9 Å². The summed E-state index contributed by atoms with van der Waals surface area (Å²) in [6.45, 7) is 37.2. The third-order valence-electron chi connectivity index (χ3n) is 32.1. The van der Waals surface area contributed by atoms with E-state index >= 15 is 0 Å². The number of carbonyl (C=O) groups excluding carboxylic acids is 4. The van der Waals surface area contributed by atoms with Crippen molar-refractivity contribution in [3.8, 4) is 22.9 Å². The molecule has 16 nitrogen and oxygen atoms in total. The zero-order chi connectivity index (χ0) is 75.2. The van der Waals surface area contributed by atoms with Crippen molar-refractivity contribution in [2.45, 2.75) is 276 Å². The van der Waals surface area contributed by atoms with Gasteiger partial charge in [-0.2, -0.15) is 0 Å². The summed E-state index contributed by atoms with van der Waals surface area (Å²) in [6, 6.07) is 11.4. The molecular weight excluding hydrogens is 1340 g/mol. The van der Waals surface area contributed by atoms with Gasteiger partial charge in [-0.3, -0.25) is 28.8 Å². The van der Waals surface area contributed by atoms with Gasteiger partial charge in [-0.1, -0.05) is 115 Å². The van der Waals surface area contributed by atoms with Crippen molar-refractivity contribution in [1.29, 1.82) is 0 Å². The summed E-state index contributed by atoms with van der Waals surface area (Å²) in [5, 5.41) is 40.0. The smallest absolute Gasteiger partial charge is 0.310 e. The van der Waals surface area contributed by atoms with Crippen LogP contribution in [-0.2, 0) is 55.5 Å². The molecule has 2 aromatic heterocycles. The number of rotatable bonds is 16. The van der Waals surface area contributed by atoms with E-state index in [1.54, 1.807) is 51.1 Å². The first-order valence-corrected chi connectivity index (χ1v) is 39.5. The standard InChI is InChI=1S/C86H112ClFN4O12/c1-46(2)65-55(93)42-85(71-91-89-69(103-71)49-19-21-50(88)22-20-49)38-36-81(14)52(67(65)85)23-26-60-80(13)33-31-62(77(9,10)58(80)29-35-83(60,81)16)102-64(96)45-78(11,74(99)100)41-48-18-25-54(87)51(40-48)70-90-92-72(104-70)86-39-37-82(15)53(68(86)66(47(3)4)56(94)43-86)24-27-59-79(12)32-30-61(101-63(95)44-75(5,6)73(97)98)76(7,8)57(79)28-34-84(59,82)17/h18-22,25,40,46-47,52-53,57-62H,23-24,26-39,41-45H2,1-17H3,(H,97,98)(H,99,100)/t52-,53-,57+,58+,59-,60-,61+,62+,78?,79+,80+,81-,82-,83-,84-,85?,86-/m1/s1. The first-order chi connectivity index (χ1) is 48.5. The first-order valence-electron chi connectivity index (χ1n) is 39.2. The van der Waals surface area contributed by atoms with Crippen LogP contribution >= 0.6 is 11.6 Å². The Morgan fingerprint density at radius 3 is 1.45 bits per heavy atom. The van der Waals surface area contributed by atoms with E-state index in [1.165, 1.54) is 17.7 Å². The van der Waals surface area contributed by atoms with Gasteiger partial charge in [-0.05, 0) is 274 Å². The highest BCUT2D eigenvalue weighted by Crippen LogP contribution is 2.79. The normalized spacial score (nSPS) is 37.5. The number of esters is 2. The molecule has 2 heterocycles. The second-order valence-corrected chi connectivity index (χ2v) is 39.4. The van der Waals surface area contributed by atoms with E-state index < -0.39 is 57.1 Å². The number of Topliss-reactive ketones (excluding diaryl/α,β-unsaturated/α-hetero) is 2. The van der Waals surface area contributed by atoms with Crippen LogP contribution in [0.5, 0.6) is 0 Å². The lowest BCUT2D eigenvalue weighted by Crippen LogP contribution is -2.66. The fraction of sp³-hybridized carbons (Fsp3) is 0.698. The van der Waals surface area contributed by atoms with E-state index in [1.807, 2.05) is 0 Å². The van der Waals surface area contributed by atoms with Gasteiger partial charge in [0, 0.05) is 29.2 Å². The number of benzene rings is 2. The number of hydrogen-bond acceptors (Lipinski definition) is 14. The monoisotopic (exact) mass is 1450 g/mol. The van der Waals surface area contributed by atoms with E-state index in [0.29, 0.717) is 83.3 Å². The lowest BCUT2D eigenvalue weighted by Gasteiger charge is -2.72. The van der Waals surface area contributed by atoms with Gasteiger partial charge in [0.05, 0.1) is 45.1 Å². The molecule has 10 aliphatic carbocycles. The summed E-state index contributed by atoms with van der Waals surface area (Å²) in [6.07, 6.45) is 13.1. The van der Waals surface area contributed by atoms with Crippen molar-refractivity contribution in [1.82, 2.24) is 20.4 Å². The maximum absolute atomic E-state index is 14.8. The minimum atomic E-state index is -1.57. The molecule has 562 valence electrons. The Morgan fingerprint density at radius 2 is 1.00 bits per heavy atom. The average molecular weight is 1450 g/mol. The Morgan fingerprint density at radius 1 is 0.548 bits per heavy atom. The SMILES string of the molecule is CC(C)C1=C2[C@H]3CC[C@@H]4[C@@]5(C)CC[C@H](OC(=O)CC(C)(Cc6ccc(Cl)c(-c7nnc([C@@]89CC[C@]%10(C)[C@H](CC[C@@H]%11[C@@]%12(C)CC[C@H](OC(=O)CC(C)(C)C(=O)O)C(C)(C)[C@@H]%12CC[C@]%11%10C)C8=C(C(C)C)C(=O)C9)o7)c6)C(=O)O)C(C)(C)[C@@H]5CC[C@@]4(C)[C@]3(C)CCC2(c2nnc(-c3ccc(F)cc3)o2)CC1=O. The highest BCUT2D eigenvalue weighted by molar-refractivity contribution is 6.33. The number of allylic oxidation sites excluding steroid dienone is 4. The van der Waals surface area contributed by atoms with Gasteiger partial charge in [0.1, 0.15) is 18.0 Å². The molecule has 0 amide bonds. The molecule has 0 spiro atoms. The van der Waals surface area contributed by atoms with Crippen LogP contribution in [0, 0.1) is 107 Å². The van der Waals surface area contributed by atoms with Crippen LogP contribution in [-0.4, -0.2) is 78.3 Å². The van der Waals surface area contributed by atoms with Gasteiger partial charge in [0.15, 0.2) is 11.6 Å². The highest BCUT2D eigenvalue weighted by Gasteiger charge is 2.74. The van der Waals surface area contributed by atoms with Crippen LogP contribution in [0.2, 0.25) is 5.02 Å². The van der Waals surface area contributed by atoms with E-state index in [4.69, 9.17) is 45.2 Å². The molecular formula is C86H112ClFN4O12. The van der Waals surface area contributed by atoms with Gasteiger partial charge in [0.2, 0.25) is 23.6 Å². The molecule has 10 aliphatic rings. The van der Waals surface area contributed by atoms with Crippen LogP contribution < -0.4 is 0 Å². The predicted octanol–water partition coefficient (Wildman–Crippen LogP) is 19.1. The number of carbonyl (C=O) groups is 6. The lowest BCUT2D eigenvalue weighted by molar-refractivity contribution is -0.232. The fourth-order valence-electron chi connectivity index (χ4n) is 26.4. The number of nitrogens with zero attached hydrogens (tertiary/aromatic N) is 4. The van der Waals surface area contributed by atoms with Crippen molar-refractivity contribution in [3.05, 3.63) is 92.9 Å². The second-order valence-electron chi connectivity index (χ2n) is 39.0. The summed E-state index contributed by atoms with van der Waals surface area (Å²) in [7, 11) is 0. The molecule has 104 heavy (non-hydrogen) atoms. The van der Waals surface area contributed by atoms with E-state index in [2.05, 4.69) is 102 Å². The van der Waals surface area contributed by atoms with Gasteiger partial charge < -0.3 is 28.5 Å². The molecule has 17 atom stereocenters. The largest absolute Gasteiger partial charge is 0.481 e. The predicted molar refractivity (Wildman–Crippen MR) is 392 cm³/mol. The van der Waals surface area contributed by atoms with Crippen LogP contribution in [0.1, 0.15) is 263 Å². The quantitative estimate of drug-likeness (QED) is 0.0991. The average Bonchev–Trinajstić information content (AvgIpc) is 1.12. The highest BCUT2D eigenvalue weighted by atomic mass is 35.5. The first kappa shape index (κ1) is 74.5. The number of carboxylic acid groups (broad SMARTS) is 2. The van der Waals surface area contributed by atoms with Crippen molar-refractivity contribution in [2.75, 3.05) is 0 Å². The second kappa shape index (κ2) is 24.8. The van der Waals surface area contributed by atoms with Gasteiger partial charge in [-0.25, -0.2) is 4.39 Å². The molecule has 8 fully saturated rings. The van der Waals surface area contributed by atoms with E-state index in [-0.39, 0.29) is 128 Å². The Bertz CT molecular complexity index is 4280. The summed E-state index contributed by atoms with van der Waals surface area (Å²) in [5.41, 5.74) is 0.112. The molecule has 0 saturated heterocycles. The molecule has 0 radical (unpaired) electrons. The molecule has 8 saturated carbocycles. The number of aromatic nitrogens is 4. The number of ether oxygens (including phenoxy) is 2. The Balaban J connectivity index is 0.663. The van der Waals surface area contributed by atoms with Crippen molar-refractivity contribution < 1.29 is 61.7 Å². The molecule has 0 aliphatic heterocycles. The summed E-state index contributed by atoms with van der Waals surface area (Å²) in [5.74, 6) is -0.473. The number of aliphatic carboxylic acids is 2. The number of carboxylic acids is 2. The molecule has 2 N–H and O–H groups in total. The maximum atomic E-state index is 14.8. The molecule has 2 aromatic carbocycles. The maximum Gasteiger partial charge on any atom is 0.310 e. The molecule has 2 unspecified atom stereocenters. The molecule has 18 heteroatoms. The lowest BCUT2D eigenvalue weighted by atomic mass is 9.33. The molecule has 0 bridgehead atoms. The fourth-order valence-corrected chi connectivity index (χ4v) is 26.6.